The van der Waals surface area contributed by atoms with Crippen molar-refractivity contribution in [2.75, 3.05) is 34.5 Å². The van der Waals surface area contributed by atoms with E-state index in [4.69, 9.17) is 18.9 Å². The van der Waals surface area contributed by atoms with Crippen molar-refractivity contribution < 1.29 is 28.5 Å². The summed E-state index contributed by atoms with van der Waals surface area (Å²) in [7, 11) is 4.38. The molecule has 134 valence electrons. The number of hydrogen-bond acceptors (Lipinski definition) is 6. The van der Waals surface area contributed by atoms with Gasteiger partial charge in [-0.15, -0.1) is 0 Å². The molecule has 0 aromatic heterocycles. The van der Waals surface area contributed by atoms with Crippen LogP contribution in [0.1, 0.15) is 36.5 Å². The number of amides is 1. The van der Waals surface area contributed by atoms with Gasteiger partial charge in [-0.05, 0) is 18.6 Å². The second-order valence-corrected chi connectivity index (χ2v) is 5.05. The molecular weight excluding hydrogens is 314 g/mol. The lowest BCUT2D eigenvalue weighted by Gasteiger charge is -2.13. The number of methoxy groups -OCH3 is 3. The number of benzene rings is 1. The first-order valence-corrected chi connectivity index (χ1v) is 7.81. The Balaban J connectivity index is 2.66. The Morgan fingerprint density at radius 1 is 1.00 bits per heavy atom. The third kappa shape index (κ3) is 5.64. The van der Waals surface area contributed by atoms with Crippen molar-refractivity contribution in [1.82, 2.24) is 5.32 Å². The topological polar surface area (TPSA) is 83.1 Å². The van der Waals surface area contributed by atoms with E-state index >= 15 is 0 Å². The largest absolute Gasteiger partial charge is 0.493 e. The average molecular weight is 339 g/mol. The maximum Gasteiger partial charge on any atom is 0.338 e. The van der Waals surface area contributed by atoms with E-state index < -0.39 is 5.97 Å². The summed E-state index contributed by atoms with van der Waals surface area (Å²) < 4.78 is 20.6. The number of nitrogens with one attached hydrogen (secondary N) is 1. The molecule has 0 fully saturated rings. The van der Waals surface area contributed by atoms with E-state index in [9.17, 15) is 9.59 Å². The van der Waals surface area contributed by atoms with Crippen LogP contribution in [0.3, 0.4) is 0 Å². The van der Waals surface area contributed by atoms with Crippen molar-refractivity contribution in [3.05, 3.63) is 17.7 Å². The Morgan fingerprint density at radius 2 is 1.62 bits per heavy atom. The maximum absolute atomic E-state index is 12.1. The molecule has 0 aliphatic rings. The summed E-state index contributed by atoms with van der Waals surface area (Å²) >= 11 is 0. The highest BCUT2D eigenvalue weighted by molar-refractivity contribution is 5.92. The molecular formula is C17H25NO6. The molecule has 0 bridgehead atoms. The molecule has 7 heteroatoms. The normalized spacial score (nSPS) is 10.0. The first-order chi connectivity index (χ1) is 11.6. The van der Waals surface area contributed by atoms with Gasteiger partial charge in [-0.3, -0.25) is 4.79 Å². The highest BCUT2D eigenvalue weighted by Gasteiger charge is 2.18. The van der Waals surface area contributed by atoms with Crippen LogP contribution in [0.4, 0.5) is 0 Å². The molecule has 0 radical (unpaired) electrons. The van der Waals surface area contributed by atoms with Gasteiger partial charge in [0.2, 0.25) is 5.75 Å². The van der Waals surface area contributed by atoms with Crippen molar-refractivity contribution in [2.45, 2.75) is 26.2 Å². The van der Waals surface area contributed by atoms with E-state index in [2.05, 4.69) is 12.2 Å². The molecule has 0 heterocycles. The number of carbonyl (C=O) groups excluding carboxylic acids is 2. The molecule has 1 N–H and O–H groups in total. The Morgan fingerprint density at radius 3 is 2.12 bits per heavy atom. The first-order valence-electron chi connectivity index (χ1n) is 7.81. The van der Waals surface area contributed by atoms with E-state index in [1.54, 1.807) is 0 Å². The minimum absolute atomic E-state index is 0.211. The number of carbonyl (C=O) groups is 2. The van der Waals surface area contributed by atoms with Gasteiger partial charge >= 0.3 is 5.97 Å². The Kier molecular flexibility index (Phi) is 8.46. The first kappa shape index (κ1) is 19.6. The van der Waals surface area contributed by atoms with E-state index in [0.29, 0.717) is 23.8 Å². The van der Waals surface area contributed by atoms with Gasteiger partial charge in [0.15, 0.2) is 18.1 Å². The van der Waals surface area contributed by atoms with E-state index in [-0.39, 0.29) is 18.1 Å². The number of rotatable bonds is 10. The van der Waals surface area contributed by atoms with Crippen LogP contribution in [0, 0.1) is 0 Å². The molecule has 0 unspecified atom stereocenters. The minimum Gasteiger partial charge on any atom is -0.493 e. The lowest BCUT2D eigenvalue weighted by Crippen LogP contribution is -2.29. The molecule has 0 aliphatic carbocycles. The van der Waals surface area contributed by atoms with Gasteiger partial charge in [-0.25, -0.2) is 4.79 Å². The Labute approximate surface area is 142 Å². The summed E-state index contributed by atoms with van der Waals surface area (Å²) in [5.41, 5.74) is 0.211. The lowest BCUT2D eigenvalue weighted by molar-refractivity contribution is -0.124. The van der Waals surface area contributed by atoms with E-state index in [1.807, 2.05) is 0 Å². The summed E-state index contributed by atoms with van der Waals surface area (Å²) in [5.74, 6) is 0.0932. The zero-order valence-electron chi connectivity index (χ0n) is 14.6. The van der Waals surface area contributed by atoms with E-state index in [1.165, 1.54) is 33.5 Å². The third-order valence-electron chi connectivity index (χ3n) is 3.34. The third-order valence-corrected chi connectivity index (χ3v) is 3.34. The van der Waals surface area contributed by atoms with Gasteiger partial charge in [-0.1, -0.05) is 19.8 Å². The fourth-order valence-corrected chi connectivity index (χ4v) is 2.07. The molecule has 24 heavy (non-hydrogen) atoms. The van der Waals surface area contributed by atoms with Crippen LogP contribution >= 0.6 is 0 Å². The Hall–Kier alpha value is -2.44. The van der Waals surface area contributed by atoms with Crippen LogP contribution < -0.4 is 19.5 Å². The van der Waals surface area contributed by atoms with Crippen molar-refractivity contribution in [3.8, 4) is 17.2 Å². The summed E-state index contributed by atoms with van der Waals surface area (Å²) in [6, 6.07) is 2.95. The molecule has 0 spiro atoms. The predicted octanol–water partition coefficient (Wildman–Crippen LogP) is 2.18. The molecule has 1 amide bonds. The van der Waals surface area contributed by atoms with Gasteiger partial charge in [0.25, 0.3) is 5.91 Å². The van der Waals surface area contributed by atoms with Crippen LogP contribution in [0.2, 0.25) is 0 Å². The van der Waals surface area contributed by atoms with Crippen molar-refractivity contribution in [1.29, 1.82) is 0 Å². The molecule has 0 atom stereocenters. The zero-order chi connectivity index (χ0) is 17.9. The van der Waals surface area contributed by atoms with Crippen LogP contribution in [0.25, 0.3) is 0 Å². The molecule has 1 aromatic rings. The highest BCUT2D eigenvalue weighted by atomic mass is 16.5. The number of esters is 1. The second kappa shape index (κ2) is 10.4. The predicted molar refractivity (Wildman–Crippen MR) is 88.9 cm³/mol. The van der Waals surface area contributed by atoms with E-state index in [0.717, 1.165) is 19.3 Å². The Bertz CT molecular complexity index is 533. The lowest BCUT2D eigenvalue weighted by atomic mass is 10.2. The van der Waals surface area contributed by atoms with Crippen molar-refractivity contribution >= 4 is 11.9 Å². The van der Waals surface area contributed by atoms with Gasteiger partial charge in [0.1, 0.15) is 0 Å². The van der Waals surface area contributed by atoms with Crippen LogP contribution in [0.15, 0.2) is 12.1 Å². The zero-order valence-corrected chi connectivity index (χ0v) is 14.6. The number of unbranched alkanes of at least 4 members (excludes halogenated alkanes) is 2. The fourth-order valence-electron chi connectivity index (χ4n) is 2.07. The second-order valence-electron chi connectivity index (χ2n) is 5.05. The summed E-state index contributed by atoms with van der Waals surface area (Å²) in [6.45, 7) is 2.33. The van der Waals surface area contributed by atoms with Crippen LogP contribution in [0.5, 0.6) is 17.2 Å². The number of hydrogen-bond donors (Lipinski definition) is 1. The van der Waals surface area contributed by atoms with Gasteiger partial charge in [0, 0.05) is 6.54 Å². The van der Waals surface area contributed by atoms with Crippen LogP contribution in [-0.2, 0) is 9.53 Å². The summed E-state index contributed by atoms with van der Waals surface area (Å²) in [4.78, 5) is 23.7. The van der Waals surface area contributed by atoms with Crippen LogP contribution in [-0.4, -0.2) is 46.4 Å². The van der Waals surface area contributed by atoms with Gasteiger partial charge in [0.05, 0.1) is 26.9 Å². The van der Waals surface area contributed by atoms with Gasteiger partial charge < -0.3 is 24.3 Å². The quantitative estimate of drug-likeness (QED) is 0.520. The SMILES string of the molecule is CCCCCNC(=O)COC(=O)c1cc(OC)c(OC)c(OC)c1. The number of ether oxygens (including phenoxy) is 4. The molecule has 1 aromatic carbocycles. The smallest absolute Gasteiger partial charge is 0.338 e. The molecule has 0 saturated carbocycles. The monoisotopic (exact) mass is 339 g/mol. The minimum atomic E-state index is -0.641. The standard InChI is InChI=1S/C17H25NO6/c1-5-6-7-8-18-15(19)11-24-17(20)12-9-13(21-2)16(23-4)14(10-12)22-3/h9-10H,5-8,11H2,1-4H3,(H,18,19). The fraction of sp³-hybridized carbons (Fsp3) is 0.529. The summed E-state index contributed by atoms with van der Waals surface area (Å²) in [6.07, 6.45) is 3.03. The maximum atomic E-state index is 12.1. The van der Waals surface area contributed by atoms with Gasteiger partial charge in [-0.2, -0.15) is 0 Å². The molecule has 1 rings (SSSR count). The molecule has 7 nitrogen and oxygen atoms in total. The molecule has 0 aliphatic heterocycles. The molecule has 0 saturated heterocycles. The highest BCUT2D eigenvalue weighted by Crippen LogP contribution is 2.38. The van der Waals surface area contributed by atoms with Crippen molar-refractivity contribution in [3.63, 3.8) is 0 Å². The average Bonchev–Trinajstić information content (AvgIpc) is 2.61. The van der Waals surface area contributed by atoms with Crippen molar-refractivity contribution in [2.24, 2.45) is 0 Å². The summed E-state index contributed by atoms with van der Waals surface area (Å²) in [5, 5.41) is 2.70.